The fraction of sp³-hybridized carbons (Fsp3) is 0.250. The molecular weight excluding hydrogens is 462 g/mol. The standard InChI is InChI=1S/C32H33NO4/c34-33-29(24-35-21-25-13-5-1-6-14-25)31(36-22-26-15-7-2-8-16-26)32(30(33)28-19-11-4-12-20-28)37-23-27-17-9-3-10-18-27/h1-20,29-32,34H,21-24H2/t29-,30-,31-,32-/m1/s1. The van der Waals surface area contributed by atoms with Crippen molar-refractivity contribution in [3.05, 3.63) is 144 Å². The lowest BCUT2D eigenvalue weighted by atomic mass is 10.0. The molecule has 4 aromatic rings. The second-order valence-electron chi connectivity index (χ2n) is 9.33. The average Bonchev–Trinajstić information content (AvgIpc) is 3.23. The van der Waals surface area contributed by atoms with E-state index < -0.39 is 24.3 Å². The molecule has 1 N–H and O–H groups in total. The van der Waals surface area contributed by atoms with Crippen LogP contribution in [0.5, 0.6) is 0 Å². The van der Waals surface area contributed by atoms with Gasteiger partial charge in [-0.3, -0.25) is 0 Å². The summed E-state index contributed by atoms with van der Waals surface area (Å²) in [6, 6.07) is 39.4. The number of ether oxygens (including phenoxy) is 3. The fourth-order valence-corrected chi connectivity index (χ4v) is 4.87. The molecular formula is C32H33NO4. The molecule has 1 aliphatic heterocycles. The van der Waals surface area contributed by atoms with Gasteiger partial charge in [-0.25, -0.2) is 0 Å². The average molecular weight is 496 g/mol. The lowest BCUT2D eigenvalue weighted by Gasteiger charge is -2.26. The van der Waals surface area contributed by atoms with Crippen LogP contribution in [0.2, 0.25) is 0 Å². The van der Waals surface area contributed by atoms with E-state index in [0.29, 0.717) is 26.4 Å². The molecule has 5 heteroatoms. The Morgan fingerprint density at radius 3 is 1.49 bits per heavy atom. The number of nitrogens with zero attached hydrogens (tertiary/aromatic N) is 1. The molecule has 4 atom stereocenters. The zero-order valence-electron chi connectivity index (χ0n) is 20.8. The Balaban J connectivity index is 1.40. The Morgan fingerprint density at radius 1 is 0.541 bits per heavy atom. The van der Waals surface area contributed by atoms with E-state index in [0.717, 1.165) is 22.3 Å². The van der Waals surface area contributed by atoms with Gasteiger partial charge in [-0.15, -0.1) is 0 Å². The zero-order chi connectivity index (χ0) is 25.3. The summed E-state index contributed by atoms with van der Waals surface area (Å²) in [7, 11) is 0. The SMILES string of the molecule is ON1[C@H](COCc2ccccc2)[C@@H](OCc2ccccc2)[C@H](OCc2ccccc2)[C@H]1c1ccccc1. The van der Waals surface area contributed by atoms with Crippen LogP contribution in [0.15, 0.2) is 121 Å². The summed E-state index contributed by atoms with van der Waals surface area (Å²) < 4.78 is 19.2. The molecule has 0 amide bonds. The van der Waals surface area contributed by atoms with Gasteiger partial charge in [-0.1, -0.05) is 121 Å². The molecule has 0 radical (unpaired) electrons. The maximum absolute atomic E-state index is 11.5. The number of hydroxylamine groups is 2. The quantitative estimate of drug-likeness (QED) is 0.269. The maximum Gasteiger partial charge on any atom is 0.108 e. The van der Waals surface area contributed by atoms with E-state index in [1.165, 1.54) is 5.06 Å². The first-order chi connectivity index (χ1) is 18.3. The van der Waals surface area contributed by atoms with Crippen LogP contribution >= 0.6 is 0 Å². The van der Waals surface area contributed by atoms with Crippen molar-refractivity contribution in [3.8, 4) is 0 Å². The van der Waals surface area contributed by atoms with Crippen LogP contribution in [0.25, 0.3) is 0 Å². The Bertz CT molecular complexity index is 1190. The zero-order valence-corrected chi connectivity index (χ0v) is 20.8. The first-order valence-corrected chi connectivity index (χ1v) is 12.7. The lowest BCUT2D eigenvalue weighted by molar-refractivity contribution is -0.167. The highest BCUT2D eigenvalue weighted by Crippen LogP contribution is 2.39. The van der Waals surface area contributed by atoms with Crippen molar-refractivity contribution < 1.29 is 19.4 Å². The summed E-state index contributed by atoms with van der Waals surface area (Å²) in [6.07, 6.45) is -0.809. The van der Waals surface area contributed by atoms with Gasteiger partial charge in [0.2, 0.25) is 0 Å². The van der Waals surface area contributed by atoms with E-state index in [9.17, 15) is 5.21 Å². The molecule has 37 heavy (non-hydrogen) atoms. The van der Waals surface area contributed by atoms with Crippen molar-refractivity contribution in [1.29, 1.82) is 0 Å². The van der Waals surface area contributed by atoms with Crippen LogP contribution < -0.4 is 0 Å². The van der Waals surface area contributed by atoms with E-state index in [2.05, 4.69) is 0 Å². The van der Waals surface area contributed by atoms with E-state index in [4.69, 9.17) is 14.2 Å². The van der Waals surface area contributed by atoms with Gasteiger partial charge >= 0.3 is 0 Å². The van der Waals surface area contributed by atoms with Gasteiger partial charge in [-0.2, -0.15) is 5.06 Å². The predicted octanol–water partition coefficient (Wildman–Crippen LogP) is 6.19. The number of hydrogen-bond donors (Lipinski definition) is 1. The van der Waals surface area contributed by atoms with E-state index >= 15 is 0 Å². The smallest absolute Gasteiger partial charge is 0.108 e. The Morgan fingerprint density at radius 2 is 0.973 bits per heavy atom. The van der Waals surface area contributed by atoms with Gasteiger partial charge in [0.15, 0.2) is 0 Å². The van der Waals surface area contributed by atoms with Crippen LogP contribution in [-0.2, 0) is 34.0 Å². The normalized spacial score (nSPS) is 21.8. The molecule has 1 aliphatic rings. The summed E-state index contributed by atoms with van der Waals surface area (Å²) >= 11 is 0. The molecule has 1 fully saturated rings. The fourth-order valence-electron chi connectivity index (χ4n) is 4.87. The topological polar surface area (TPSA) is 51.2 Å². The van der Waals surface area contributed by atoms with E-state index in [1.807, 2.05) is 121 Å². The number of rotatable bonds is 11. The molecule has 5 rings (SSSR count). The third-order valence-electron chi connectivity index (χ3n) is 6.75. The predicted molar refractivity (Wildman–Crippen MR) is 143 cm³/mol. The summed E-state index contributed by atoms with van der Waals surface area (Å²) in [4.78, 5) is 0. The highest BCUT2D eigenvalue weighted by Gasteiger charge is 2.51. The van der Waals surface area contributed by atoms with Gasteiger partial charge in [0.05, 0.1) is 38.5 Å². The second kappa shape index (κ2) is 12.8. The van der Waals surface area contributed by atoms with Crippen LogP contribution in [0, 0.1) is 0 Å². The van der Waals surface area contributed by atoms with Crippen LogP contribution in [-0.4, -0.2) is 35.1 Å². The maximum atomic E-state index is 11.5. The Kier molecular flexibility index (Phi) is 8.74. The molecule has 1 saturated heterocycles. The molecule has 5 nitrogen and oxygen atoms in total. The van der Waals surface area contributed by atoms with Gasteiger partial charge in [-0.05, 0) is 22.3 Å². The first-order valence-electron chi connectivity index (χ1n) is 12.7. The Hall–Kier alpha value is -3.32. The van der Waals surface area contributed by atoms with Gasteiger partial charge in [0, 0.05) is 0 Å². The summed E-state index contributed by atoms with van der Waals surface area (Å²) in [5.74, 6) is 0. The Labute approximate surface area is 218 Å². The van der Waals surface area contributed by atoms with E-state index in [1.54, 1.807) is 0 Å². The van der Waals surface area contributed by atoms with Crippen molar-refractivity contribution in [2.45, 2.75) is 44.1 Å². The van der Waals surface area contributed by atoms with Crippen molar-refractivity contribution in [3.63, 3.8) is 0 Å². The largest absolute Gasteiger partial charge is 0.375 e. The molecule has 1 heterocycles. The van der Waals surface area contributed by atoms with Gasteiger partial charge in [0.25, 0.3) is 0 Å². The molecule has 4 aromatic carbocycles. The van der Waals surface area contributed by atoms with Crippen molar-refractivity contribution >= 4 is 0 Å². The molecule has 0 aromatic heterocycles. The minimum Gasteiger partial charge on any atom is -0.375 e. The van der Waals surface area contributed by atoms with Gasteiger partial charge in [0.1, 0.15) is 12.2 Å². The molecule has 190 valence electrons. The molecule has 0 saturated carbocycles. The molecule has 0 aliphatic carbocycles. The molecule has 0 unspecified atom stereocenters. The minimum atomic E-state index is -0.408. The summed E-state index contributed by atoms with van der Waals surface area (Å²) in [6.45, 7) is 1.61. The van der Waals surface area contributed by atoms with Crippen molar-refractivity contribution in [2.24, 2.45) is 0 Å². The minimum absolute atomic E-state index is 0.305. The van der Waals surface area contributed by atoms with Crippen molar-refractivity contribution in [1.82, 2.24) is 5.06 Å². The van der Waals surface area contributed by atoms with Crippen LogP contribution in [0.3, 0.4) is 0 Å². The third kappa shape index (κ3) is 6.52. The molecule has 0 bridgehead atoms. The van der Waals surface area contributed by atoms with Crippen LogP contribution in [0.1, 0.15) is 28.3 Å². The number of benzene rings is 4. The highest BCUT2D eigenvalue weighted by molar-refractivity contribution is 5.24. The second-order valence-corrected chi connectivity index (χ2v) is 9.33. The molecule has 0 spiro atoms. The van der Waals surface area contributed by atoms with Crippen LogP contribution in [0.4, 0.5) is 0 Å². The monoisotopic (exact) mass is 495 g/mol. The lowest BCUT2D eigenvalue weighted by Crippen LogP contribution is -2.40. The summed E-state index contributed by atoms with van der Waals surface area (Å²) in [5.41, 5.74) is 4.20. The number of hydrogen-bond acceptors (Lipinski definition) is 5. The first kappa shape index (κ1) is 25.3. The summed E-state index contributed by atoms with van der Waals surface area (Å²) in [5, 5.41) is 12.9. The van der Waals surface area contributed by atoms with E-state index in [-0.39, 0.29) is 0 Å². The third-order valence-corrected chi connectivity index (χ3v) is 6.75. The highest BCUT2D eigenvalue weighted by atomic mass is 16.6. The van der Waals surface area contributed by atoms with Crippen molar-refractivity contribution in [2.75, 3.05) is 6.61 Å². The van der Waals surface area contributed by atoms with Gasteiger partial charge < -0.3 is 19.4 Å².